The smallest absolute Gasteiger partial charge is 0.145 e. The highest BCUT2D eigenvalue weighted by Crippen LogP contribution is 2.33. The van der Waals surface area contributed by atoms with E-state index in [1.165, 1.54) is 0 Å². The van der Waals surface area contributed by atoms with E-state index in [0.29, 0.717) is 26.9 Å². The van der Waals surface area contributed by atoms with E-state index in [-0.39, 0.29) is 6.61 Å². The SMILES string of the molecule is COc1ccc(Cl)cc1-c1nc(Br)c(CO)n1C. The molecule has 1 aromatic carbocycles. The Kier molecular flexibility index (Phi) is 3.94. The van der Waals surface area contributed by atoms with Gasteiger partial charge in [-0.05, 0) is 34.1 Å². The van der Waals surface area contributed by atoms with Gasteiger partial charge >= 0.3 is 0 Å². The molecule has 0 unspecified atom stereocenters. The van der Waals surface area contributed by atoms with E-state index in [2.05, 4.69) is 20.9 Å². The molecule has 1 aromatic heterocycles. The zero-order valence-corrected chi connectivity index (χ0v) is 12.3. The van der Waals surface area contributed by atoms with Crippen molar-refractivity contribution in [1.29, 1.82) is 0 Å². The summed E-state index contributed by atoms with van der Waals surface area (Å²) in [5.74, 6) is 1.37. The molecule has 0 fully saturated rings. The fourth-order valence-electron chi connectivity index (χ4n) is 1.77. The van der Waals surface area contributed by atoms with Crippen LogP contribution in [0.2, 0.25) is 5.02 Å². The maximum Gasteiger partial charge on any atom is 0.145 e. The van der Waals surface area contributed by atoms with Crippen LogP contribution in [-0.2, 0) is 13.7 Å². The number of methoxy groups -OCH3 is 1. The maximum atomic E-state index is 9.29. The first-order chi connectivity index (χ1) is 8.58. The summed E-state index contributed by atoms with van der Waals surface area (Å²) in [6, 6.07) is 5.34. The highest BCUT2D eigenvalue weighted by Gasteiger charge is 2.17. The lowest BCUT2D eigenvalue weighted by molar-refractivity contribution is 0.272. The Balaban J connectivity index is 2.65. The van der Waals surface area contributed by atoms with Gasteiger partial charge in [-0.25, -0.2) is 4.98 Å². The van der Waals surface area contributed by atoms with Crippen LogP contribution in [0.15, 0.2) is 22.8 Å². The molecule has 2 aromatic rings. The Morgan fingerprint density at radius 2 is 2.22 bits per heavy atom. The van der Waals surface area contributed by atoms with E-state index in [9.17, 15) is 5.11 Å². The molecule has 0 aliphatic heterocycles. The zero-order valence-electron chi connectivity index (χ0n) is 9.94. The number of aliphatic hydroxyl groups is 1. The van der Waals surface area contributed by atoms with Crippen LogP contribution < -0.4 is 4.74 Å². The molecule has 0 saturated heterocycles. The summed E-state index contributed by atoms with van der Waals surface area (Å²) in [5.41, 5.74) is 1.49. The van der Waals surface area contributed by atoms with Crippen molar-refractivity contribution in [2.24, 2.45) is 7.05 Å². The number of aliphatic hydroxyl groups excluding tert-OH is 1. The van der Waals surface area contributed by atoms with Gasteiger partial charge in [0.25, 0.3) is 0 Å². The molecule has 0 saturated carbocycles. The van der Waals surface area contributed by atoms with Gasteiger partial charge in [-0.3, -0.25) is 0 Å². The highest BCUT2D eigenvalue weighted by atomic mass is 79.9. The summed E-state index contributed by atoms with van der Waals surface area (Å²) in [4.78, 5) is 4.38. The second-order valence-corrected chi connectivity index (χ2v) is 4.92. The lowest BCUT2D eigenvalue weighted by atomic mass is 10.2. The number of hydrogen-bond acceptors (Lipinski definition) is 3. The molecule has 4 nitrogen and oxygen atoms in total. The molecule has 1 heterocycles. The van der Waals surface area contributed by atoms with Gasteiger partial charge in [0.1, 0.15) is 16.2 Å². The zero-order chi connectivity index (χ0) is 13.3. The van der Waals surface area contributed by atoms with Gasteiger partial charge in [-0.2, -0.15) is 0 Å². The van der Waals surface area contributed by atoms with Crippen molar-refractivity contribution in [3.8, 4) is 17.1 Å². The fraction of sp³-hybridized carbons (Fsp3) is 0.250. The first-order valence-electron chi connectivity index (χ1n) is 5.24. The van der Waals surface area contributed by atoms with Crippen molar-refractivity contribution in [3.63, 3.8) is 0 Å². The minimum atomic E-state index is -0.0903. The number of hydrogen-bond donors (Lipinski definition) is 1. The molecule has 6 heteroatoms. The molecule has 0 radical (unpaired) electrons. The number of rotatable bonds is 3. The molecule has 2 rings (SSSR count). The summed E-state index contributed by atoms with van der Waals surface area (Å²) in [6.45, 7) is -0.0903. The molecule has 0 spiro atoms. The topological polar surface area (TPSA) is 47.3 Å². The quantitative estimate of drug-likeness (QED) is 0.940. The monoisotopic (exact) mass is 330 g/mol. The van der Waals surface area contributed by atoms with Crippen LogP contribution in [0.3, 0.4) is 0 Å². The van der Waals surface area contributed by atoms with E-state index in [4.69, 9.17) is 16.3 Å². The van der Waals surface area contributed by atoms with Gasteiger partial charge in [0.15, 0.2) is 0 Å². The van der Waals surface area contributed by atoms with Crippen molar-refractivity contribution in [2.75, 3.05) is 7.11 Å². The molecule has 1 N–H and O–H groups in total. The number of ether oxygens (including phenoxy) is 1. The molecule has 0 atom stereocenters. The van der Waals surface area contributed by atoms with Crippen molar-refractivity contribution < 1.29 is 9.84 Å². The fourth-order valence-corrected chi connectivity index (χ4v) is 2.50. The predicted molar refractivity (Wildman–Crippen MR) is 73.8 cm³/mol. The third kappa shape index (κ3) is 2.25. The average molecular weight is 332 g/mol. The second-order valence-electron chi connectivity index (χ2n) is 3.73. The largest absolute Gasteiger partial charge is 0.496 e. The van der Waals surface area contributed by atoms with Crippen LogP contribution in [0, 0.1) is 0 Å². The van der Waals surface area contributed by atoms with E-state index < -0.39 is 0 Å². The van der Waals surface area contributed by atoms with Crippen molar-refractivity contribution in [3.05, 3.63) is 33.5 Å². The normalized spacial score (nSPS) is 10.7. The number of imidazole rings is 1. The van der Waals surface area contributed by atoms with Crippen LogP contribution in [-0.4, -0.2) is 21.8 Å². The standard InChI is InChI=1S/C12H12BrClN2O2/c1-16-9(6-17)11(13)15-12(16)8-5-7(14)3-4-10(8)18-2/h3-5,17H,6H2,1-2H3. The average Bonchev–Trinajstić information content (AvgIpc) is 2.64. The molecule has 96 valence electrons. The van der Waals surface area contributed by atoms with Crippen molar-refractivity contribution in [2.45, 2.75) is 6.61 Å². The minimum absolute atomic E-state index is 0.0903. The Labute approximate surface area is 118 Å². The lowest BCUT2D eigenvalue weighted by Crippen LogP contribution is -2.00. The third-order valence-corrected chi connectivity index (χ3v) is 3.59. The summed E-state index contributed by atoms with van der Waals surface area (Å²) in [5, 5.41) is 9.90. The van der Waals surface area contributed by atoms with Gasteiger partial charge in [0.05, 0.1) is 25.0 Å². The van der Waals surface area contributed by atoms with Gasteiger partial charge in [0, 0.05) is 12.1 Å². The maximum absolute atomic E-state index is 9.29. The van der Waals surface area contributed by atoms with E-state index in [1.807, 2.05) is 7.05 Å². The summed E-state index contributed by atoms with van der Waals surface area (Å²) < 4.78 is 7.72. The van der Waals surface area contributed by atoms with E-state index in [0.717, 1.165) is 5.56 Å². The lowest BCUT2D eigenvalue weighted by Gasteiger charge is -2.09. The van der Waals surface area contributed by atoms with Gasteiger partial charge < -0.3 is 14.4 Å². The van der Waals surface area contributed by atoms with Gasteiger partial charge in [-0.1, -0.05) is 11.6 Å². The molecule has 0 aliphatic rings. The third-order valence-electron chi connectivity index (χ3n) is 2.72. The summed E-state index contributed by atoms with van der Waals surface area (Å²) >= 11 is 9.33. The highest BCUT2D eigenvalue weighted by molar-refractivity contribution is 9.10. The molecule has 18 heavy (non-hydrogen) atoms. The Bertz CT molecular complexity index is 584. The second kappa shape index (κ2) is 5.30. The van der Waals surface area contributed by atoms with Crippen molar-refractivity contribution >= 4 is 27.5 Å². The minimum Gasteiger partial charge on any atom is -0.496 e. The van der Waals surface area contributed by atoms with Crippen LogP contribution in [0.5, 0.6) is 5.75 Å². The first kappa shape index (κ1) is 13.4. The van der Waals surface area contributed by atoms with Crippen LogP contribution in [0.25, 0.3) is 11.4 Å². The van der Waals surface area contributed by atoms with Crippen LogP contribution >= 0.6 is 27.5 Å². The van der Waals surface area contributed by atoms with E-state index in [1.54, 1.807) is 29.9 Å². The Morgan fingerprint density at radius 3 is 2.78 bits per heavy atom. The number of nitrogens with zero attached hydrogens (tertiary/aromatic N) is 2. The molecular weight excluding hydrogens is 320 g/mol. The Morgan fingerprint density at radius 1 is 1.50 bits per heavy atom. The molecule has 0 aliphatic carbocycles. The van der Waals surface area contributed by atoms with Gasteiger partial charge in [-0.15, -0.1) is 0 Å². The van der Waals surface area contributed by atoms with Gasteiger partial charge in [0.2, 0.25) is 0 Å². The summed E-state index contributed by atoms with van der Waals surface area (Å²) in [7, 11) is 3.43. The number of halogens is 2. The van der Waals surface area contributed by atoms with Crippen molar-refractivity contribution in [1.82, 2.24) is 9.55 Å². The summed E-state index contributed by atoms with van der Waals surface area (Å²) in [6.07, 6.45) is 0. The van der Waals surface area contributed by atoms with E-state index >= 15 is 0 Å². The number of benzene rings is 1. The Hall–Kier alpha value is -1.04. The molecule has 0 amide bonds. The first-order valence-corrected chi connectivity index (χ1v) is 6.41. The molecule has 0 bridgehead atoms. The molecular formula is C12H12BrClN2O2. The number of aromatic nitrogens is 2. The predicted octanol–water partition coefficient (Wildman–Crippen LogP) is 3.00. The van der Waals surface area contributed by atoms with Crippen LogP contribution in [0.4, 0.5) is 0 Å². The van der Waals surface area contributed by atoms with Crippen LogP contribution in [0.1, 0.15) is 5.69 Å².